The van der Waals surface area contributed by atoms with Crippen molar-refractivity contribution in [2.24, 2.45) is 0 Å². The van der Waals surface area contributed by atoms with E-state index in [1.54, 1.807) is 0 Å². The fourth-order valence-corrected chi connectivity index (χ4v) is 26.5. The molecule has 9 heterocycles. The lowest BCUT2D eigenvalue weighted by Gasteiger charge is -2.41. The standard InChI is InChI=1S/C34H74N4O2Si3.C32H18N8.4ClH/c1-7-29-42(31-25-35(3)17-9-10-18-35,32-26-36(4)19-11-12-20-36)39-41-40-43(30-8-2,33-27-37(5)21-13-14-22-37)34-28-38(6)23-15-16-24-38;1-2-10-18-17(9-1)25-33-26(18)38-28-21-13-5-6-14-22(21)30(35-28)40-32-24-16-8-7-15-23(24)31(36-32)39-29-20-12-4-3-11-19(20)27(34-29)37-25;;;;/h7-34H2,1-6H3;1-16H,(H2,33,34,35,36,37,38,39,40);4*1H/q+4;;;;;/p-4. The van der Waals surface area contributed by atoms with E-state index < -0.39 is 16.6 Å². The van der Waals surface area contributed by atoms with Crippen LogP contribution in [0.3, 0.4) is 0 Å². The number of hydrogen-bond acceptors (Lipinski definition) is 8. The molecule has 14 nitrogen and oxygen atoms in total. The monoisotopic (exact) mass is 1310 g/mol. The summed E-state index contributed by atoms with van der Waals surface area (Å²) >= 11 is 0. The van der Waals surface area contributed by atoms with Crippen molar-refractivity contribution in [3.8, 4) is 45.6 Å². The number of nitrogens with one attached hydrogen (secondary N) is 2. The van der Waals surface area contributed by atoms with Gasteiger partial charge in [0.1, 0.15) is 22.6 Å². The number of benzene rings is 4. The zero-order valence-corrected chi connectivity index (χ0v) is 58.4. The molecule has 4 aromatic carbocycles. The third kappa shape index (κ3) is 15.4. The lowest BCUT2D eigenvalue weighted by molar-refractivity contribution is -0.896. The Labute approximate surface area is 546 Å². The van der Waals surface area contributed by atoms with Gasteiger partial charge in [-0.3, -0.25) is 0 Å². The summed E-state index contributed by atoms with van der Waals surface area (Å²) in [5, 5.41) is 3.82. The van der Waals surface area contributed by atoms with E-state index in [2.05, 4.69) is 52.0 Å². The lowest BCUT2D eigenvalue weighted by atomic mass is 10.1. The topological polar surface area (TPSA) is 127 Å². The highest BCUT2D eigenvalue weighted by Gasteiger charge is 2.45. The average Bonchev–Trinajstić information content (AvgIpc) is 1.75. The van der Waals surface area contributed by atoms with Crippen LogP contribution in [0.25, 0.3) is 89.7 Å². The molecular formula is C66H92Cl4N12O2Si3. The Kier molecular flexibility index (Phi) is 23.2. The van der Waals surface area contributed by atoms with Crippen molar-refractivity contribution in [3.05, 3.63) is 97.1 Å². The van der Waals surface area contributed by atoms with Gasteiger partial charge in [0.2, 0.25) is 0 Å². The molecule has 4 fully saturated rings. The Bertz CT molecular complexity index is 3160. The minimum absolute atomic E-state index is 0. The van der Waals surface area contributed by atoms with E-state index in [0.29, 0.717) is 55.9 Å². The fraction of sp³-hybridized carbons (Fsp3) is 0.515. The van der Waals surface area contributed by atoms with Crippen molar-refractivity contribution in [2.75, 3.05) is 107 Å². The Hall–Kier alpha value is -4.19. The smallest absolute Gasteiger partial charge is 0.410 e. The molecule has 2 radical (unpaired) electrons. The van der Waals surface area contributed by atoms with Crippen LogP contribution >= 0.6 is 0 Å². The number of likely N-dealkylation sites (tertiary alicyclic amines) is 4. The number of rotatable bonds is 20. The number of nitrogens with zero attached hydrogens (tertiary/aromatic N) is 10. The van der Waals surface area contributed by atoms with E-state index in [1.807, 2.05) is 97.1 Å². The molecule has 4 saturated heterocycles. The van der Waals surface area contributed by atoms with Gasteiger partial charge in [-0.25, -0.2) is 29.9 Å². The van der Waals surface area contributed by atoms with E-state index >= 15 is 0 Å². The third-order valence-electron chi connectivity index (χ3n) is 20.4. The number of hydrogen-bond donors (Lipinski definition) is 2. The van der Waals surface area contributed by atoms with Gasteiger partial charge in [0, 0.05) is 119 Å². The highest BCUT2D eigenvalue weighted by Crippen LogP contribution is 2.38. The van der Waals surface area contributed by atoms with Gasteiger partial charge >= 0.3 is 10.0 Å². The molecule has 21 heteroatoms. The number of quaternary nitrogens is 4. The summed E-state index contributed by atoms with van der Waals surface area (Å²) in [6, 6.07) is 40.3. The quantitative estimate of drug-likeness (QED) is 0.0860. The summed E-state index contributed by atoms with van der Waals surface area (Å²) in [4.78, 5) is 36.8. The minimum atomic E-state index is -1.90. The van der Waals surface area contributed by atoms with Crippen molar-refractivity contribution in [1.82, 2.24) is 39.9 Å². The van der Waals surface area contributed by atoms with Crippen LogP contribution in [0.2, 0.25) is 36.3 Å². The molecule has 87 heavy (non-hydrogen) atoms. The summed E-state index contributed by atoms with van der Waals surface area (Å²) in [5.74, 6) is 2.39. The summed E-state index contributed by atoms with van der Waals surface area (Å²) in [7, 11) is 6.63. The molecule has 0 saturated carbocycles. The van der Waals surface area contributed by atoms with Crippen LogP contribution in [-0.4, -0.2) is 191 Å². The SMILES string of the molecule is CCC[Si](CC[N+]1(C)CCCC1)(CC[N+]1(C)CCCC1)O[Si]O[Si](CCC)(CC[N+]1(C)CCCC1)CC[N+]1(C)CCCC1.[Cl-].[Cl-].[Cl-].[Cl-].c1ccc2c(c1)-c1nc-2nc2[nH]c(nc3nc(nc4[nH]c(n1)c1ccccc41)-c1ccccc1-3)c1ccccc21. The van der Waals surface area contributed by atoms with Crippen molar-refractivity contribution in [1.29, 1.82) is 0 Å². The Balaban J connectivity index is 0.000000216. The molecule has 6 aliphatic rings. The average molecular weight is 1310 g/mol. The first-order valence-electron chi connectivity index (χ1n) is 31.9. The van der Waals surface area contributed by atoms with Gasteiger partial charge < -0.3 is 85.8 Å². The fourth-order valence-electron chi connectivity index (χ4n) is 14.9. The Morgan fingerprint density at radius 2 is 0.586 bits per heavy atom. The first-order chi connectivity index (χ1) is 40.3. The van der Waals surface area contributed by atoms with Crippen LogP contribution in [0, 0.1) is 0 Å². The van der Waals surface area contributed by atoms with Crippen LogP contribution in [0.15, 0.2) is 97.1 Å². The van der Waals surface area contributed by atoms with E-state index in [1.165, 1.54) is 197 Å². The van der Waals surface area contributed by atoms with E-state index in [-0.39, 0.29) is 49.6 Å². The molecule has 7 aromatic rings. The predicted octanol–water partition coefficient (Wildman–Crippen LogP) is 1.11. The normalized spacial score (nSPS) is 17.7. The highest BCUT2D eigenvalue weighted by molar-refractivity contribution is 6.80. The predicted molar refractivity (Wildman–Crippen MR) is 345 cm³/mol. The molecule has 0 unspecified atom stereocenters. The summed E-state index contributed by atoms with van der Waals surface area (Å²) in [6.07, 6.45) is 13.9. The molecule has 0 atom stereocenters. The zero-order valence-electron chi connectivity index (χ0n) is 52.3. The van der Waals surface area contributed by atoms with Crippen molar-refractivity contribution in [3.63, 3.8) is 0 Å². The van der Waals surface area contributed by atoms with Crippen LogP contribution in [0.5, 0.6) is 0 Å². The second kappa shape index (κ2) is 29.4. The van der Waals surface area contributed by atoms with E-state index in [0.717, 1.165) is 43.8 Å². The third-order valence-corrected chi connectivity index (χ3v) is 31.9. The number of fused-ring (bicyclic) bond motifs is 20. The molecule has 6 aliphatic heterocycles. The molecule has 468 valence electrons. The Morgan fingerprint density at radius 1 is 0.356 bits per heavy atom. The zero-order chi connectivity index (χ0) is 57.1. The van der Waals surface area contributed by atoms with Gasteiger partial charge in [0.15, 0.2) is 39.9 Å². The van der Waals surface area contributed by atoms with Crippen molar-refractivity contribution in [2.45, 2.75) is 114 Å². The van der Waals surface area contributed by atoms with Gasteiger partial charge in [-0.05, 0) is 12.1 Å². The summed E-state index contributed by atoms with van der Waals surface area (Å²) in [5.41, 5.74) is 6.45. The molecule has 0 aliphatic carbocycles. The maximum atomic E-state index is 7.42. The molecular weight excluding hydrogens is 1220 g/mol. The molecule has 2 N–H and O–H groups in total. The Morgan fingerprint density at radius 3 is 0.816 bits per heavy atom. The number of halogens is 4. The van der Waals surface area contributed by atoms with E-state index in [9.17, 15) is 0 Å². The maximum absolute atomic E-state index is 7.42. The second-order valence-corrected chi connectivity index (χ2v) is 36.5. The van der Waals surface area contributed by atoms with Crippen LogP contribution < -0.4 is 49.6 Å². The van der Waals surface area contributed by atoms with Crippen LogP contribution in [-0.2, 0) is 8.23 Å². The maximum Gasteiger partial charge on any atom is 0.410 e. The molecule has 8 bridgehead atoms. The molecule has 0 amide bonds. The second-order valence-electron chi connectivity index (χ2n) is 26.9. The largest absolute Gasteiger partial charge is 1.00 e. The van der Waals surface area contributed by atoms with Crippen molar-refractivity contribution < 1.29 is 75.8 Å². The first kappa shape index (κ1) is 68.7. The van der Waals surface area contributed by atoms with Gasteiger partial charge in [-0.15, -0.1) is 0 Å². The van der Waals surface area contributed by atoms with Gasteiger partial charge in [0.05, 0.1) is 107 Å². The highest BCUT2D eigenvalue weighted by atomic mass is 35.5. The van der Waals surface area contributed by atoms with Crippen LogP contribution in [0.4, 0.5) is 0 Å². The molecule has 3 aromatic heterocycles. The van der Waals surface area contributed by atoms with Gasteiger partial charge in [-0.2, -0.15) is 0 Å². The lowest BCUT2D eigenvalue weighted by Crippen LogP contribution is -3.00. The summed E-state index contributed by atoms with van der Waals surface area (Å²) < 4.78 is 20.0. The summed E-state index contributed by atoms with van der Waals surface area (Å²) in [6.45, 7) is 21.2. The number of aromatic amines is 2. The van der Waals surface area contributed by atoms with Gasteiger partial charge in [0.25, 0.3) is 0 Å². The molecule has 0 spiro atoms. The van der Waals surface area contributed by atoms with Crippen LogP contribution in [0.1, 0.15) is 78.1 Å². The van der Waals surface area contributed by atoms with Gasteiger partial charge in [-0.1, -0.05) is 124 Å². The van der Waals surface area contributed by atoms with Crippen molar-refractivity contribution >= 4 is 70.8 Å². The van der Waals surface area contributed by atoms with E-state index in [4.69, 9.17) is 38.1 Å². The molecule has 13 rings (SSSR count). The number of H-pyrrole nitrogens is 2. The minimum Gasteiger partial charge on any atom is -1.00 e. The number of aromatic nitrogens is 8. The first-order valence-corrected chi connectivity index (χ1v) is 37.8.